The molecule has 0 radical (unpaired) electrons. The zero-order valence-electron chi connectivity index (χ0n) is 19.7. The molecule has 0 atom stereocenters. The van der Waals surface area contributed by atoms with Gasteiger partial charge in [-0.25, -0.2) is 10.1 Å². The zero-order valence-corrected chi connectivity index (χ0v) is 22.0. The Labute approximate surface area is 230 Å². The van der Waals surface area contributed by atoms with E-state index in [1.807, 2.05) is 48.5 Å². The van der Waals surface area contributed by atoms with Crippen molar-refractivity contribution in [3.8, 4) is 11.6 Å². The molecule has 1 amide bonds. The van der Waals surface area contributed by atoms with Crippen LogP contribution in [-0.4, -0.2) is 54.1 Å². The molecule has 0 unspecified atom stereocenters. The third-order valence-corrected chi connectivity index (χ3v) is 7.62. The lowest BCUT2D eigenvalue weighted by Gasteiger charge is -2.07. The highest BCUT2D eigenvalue weighted by Crippen LogP contribution is 2.27. The van der Waals surface area contributed by atoms with Crippen molar-refractivity contribution in [2.45, 2.75) is 12.4 Å². The van der Waals surface area contributed by atoms with Crippen molar-refractivity contribution in [3.05, 3.63) is 76.1 Å². The Hall–Kier alpha value is -3.88. The molecule has 3 N–H and O–H groups in total. The Morgan fingerprint density at radius 3 is 2.89 bits per heavy atom. The van der Waals surface area contributed by atoms with Crippen LogP contribution in [0.2, 0.25) is 5.02 Å². The maximum absolute atomic E-state index is 12.9. The van der Waals surface area contributed by atoms with E-state index in [1.54, 1.807) is 11.8 Å². The van der Waals surface area contributed by atoms with E-state index >= 15 is 0 Å². The van der Waals surface area contributed by atoms with Gasteiger partial charge in [0.05, 0.1) is 18.5 Å². The fourth-order valence-electron chi connectivity index (χ4n) is 3.31. The van der Waals surface area contributed by atoms with Gasteiger partial charge >= 0.3 is 0 Å². The summed E-state index contributed by atoms with van der Waals surface area (Å²) in [4.78, 5) is 17.3. The summed E-state index contributed by atoms with van der Waals surface area (Å²) in [6, 6.07) is 14.8. The van der Waals surface area contributed by atoms with Crippen LogP contribution in [0, 0.1) is 0 Å². The van der Waals surface area contributed by atoms with Gasteiger partial charge in [0.1, 0.15) is 16.7 Å². The molecule has 3 heterocycles. The summed E-state index contributed by atoms with van der Waals surface area (Å²) in [6.07, 6.45) is 1.51. The molecule has 1 aliphatic heterocycles. The summed E-state index contributed by atoms with van der Waals surface area (Å²) >= 11 is 9.13. The van der Waals surface area contributed by atoms with Crippen LogP contribution in [0.25, 0.3) is 5.82 Å². The van der Waals surface area contributed by atoms with Gasteiger partial charge in [-0.2, -0.15) is 9.78 Å². The van der Waals surface area contributed by atoms with Gasteiger partial charge in [0.2, 0.25) is 11.6 Å². The van der Waals surface area contributed by atoms with E-state index in [-0.39, 0.29) is 17.3 Å². The van der Waals surface area contributed by atoms with Crippen molar-refractivity contribution in [2.24, 2.45) is 10.1 Å². The highest BCUT2D eigenvalue weighted by molar-refractivity contribution is 8.38. The summed E-state index contributed by atoms with van der Waals surface area (Å²) in [5.41, 5.74) is 10.6. The van der Waals surface area contributed by atoms with Gasteiger partial charge in [-0.15, -0.1) is 5.10 Å². The molecule has 2 aromatic carbocycles. The summed E-state index contributed by atoms with van der Waals surface area (Å²) in [5, 5.41) is 20.1. The predicted molar refractivity (Wildman–Crippen MR) is 147 cm³/mol. The van der Waals surface area contributed by atoms with Crippen molar-refractivity contribution >= 4 is 57.4 Å². The lowest BCUT2D eigenvalue weighted by Crippen LogP contribution is -2.20. The smallest absolute Gasteiger partial charge is 0.293 e. The highest BCUT2D eigenvalue weighted by Gasteiger charge is 2.24. The molecule has 1 aliphatic rings. The van der Waals surface area contributed by atoms with E-state index in [0.29, 0.717) is 28.8 Å². The topological polar surface area (TPSA) is 159 Å². The van der Waals surface area contributed by atoms with Crippen LogP contribution in [0.4, 0.5) is 5.82 Å². The van der Waals surface area contributed by atoms with Crippen LogP contribution in [0.3, 0.4) is 0 Å². The molecule has 4 aromatic rings. The number of halogens is 1. The summed E-state index contributed by atoms with van der Waals surface area (Å²) in [5.74, 6) is 1.61. The molecule has 0 spiro atoms. The standard InChI is InChI=1S/C23H20ClN9O3S2/c24-16-3-1-2-15(10-16)12-35-17-6-4-14(5-7-17)11-27-29-22(34)19-18(13-38-23-26-8-9-37-23)33(32-28-19)21-20(25)30-36-31-21/h1-7,10-11H,8-9,12-13H2,(H2,25,30)(H,29,34). The lowest BCUT2D eigenvalue weighted by molar-refractivity contribution is 0.0949. The van der Waals surface area contributed by atoms with Crippen LogP contribution in [0.5, 0.6) is 5.75 Å². The molecule has 0 saturated heterocycles. The second-order valence-electron chi connectivity index (χ2n) is 7.74. The number of carbonyl (C=O) groups is 1. The number of nitrogens with two attached hydrogens (primary N) is 1. The number of hydrazone groups is 1. The van der Waals surface area contributed by atoms with Crippen LogP contribution < -0.4 is 15.9 Å². The SMILES string of the molecule is Nc1nonc1-n1nnc(C(=O)NN=Cc2ccc(OCc3cccc(Cl)c3)cc2)c1CSC1=NCCS1. The van der Waals surface area contributed by atoms with Crippen LogP contribution in [-0.2, 0) is 12.4 Å². The number of anilines is 1. The number of aromatic nitrogens is 5. The van der Waals surface area contributed by atoms with Gasteiger partial charge in [-0.05, 0) is 57.8 Å². The van der Waals surface area contributed by atoms with Crippen molar-refractivity contribution < 1.29 is 14.2 Å². The first-order chi connectivity index (χ1) is 18.6. The first kappa shape index (κ1) is 25.8. The Kier molecular flexibility index (Phi) is 8.21. The van der Waals surface area contributed by atoms with E-state index in [9.17, 15) is 4.79 Å². The number of nitrogens with zero attached hydrogens (tertiary/aromatic N) is 7. The Morgan fingerprint density at radius 1 is 1.29 bits per heavy atom. The van der Waals surface area contributed by atoms with Gasteiger partial charge in [-0.3, -0.25) is 9.79 Å². The van der Waals surface area contributed by atoms with Gasteiger partial charge in [0, 0.05) is 16.5 Å². The van der Waals surface area contributed by atoms with Crippen molar-refractivity contribution in [1.82, 2.24) is 30.7 Å². The van der Waals surface area contributed by atoms with E-state index < -0.39 is 5.91 Å². The third kappa shape index (κ3) is 6.33. The normalized spacial score (nSPS) is 13.1. The fraction of sp³-hybridized carbons (Fsp3) is 0.174. The number of benzene rings is 2. The molecule has 0 bridgehead atoms. The van der Waals surface area contributed by atoms with Gasteiger partial charge < -0.3 is 10.5 Å². The number of rotatable bonds is 9. The van der Waals surface area contributed by atoms with Gasteiger partial charge in [0.15, 0.2) is 5.69 Å². The predicted octanol–water partition coefficient (Wildman–Crippen LogP) is 3.56. The Morgan fingerprint density at radius 2 is 2.16 bits per heavy atom. The molecule has 0 fully saturated rings. The lowest BCUT2D eigenvalue weighted by atomic mass is 10.2. The Balaban J connectivity index is 1.23. The minimum Gasteiger partial charge on any atom is -0.489 e. The average Bonchev–Trinajstić information content (AvgIpc) is 3.68. The second kappa shape index (κ2) is 12.1. The van der Waals surface area contributed by atoms with Crippen LogP contribution in [0.15, 0.2) is 63.3 Å². The van der Waals surface area contributed by atoms with Gasteiger partial charge in [0.25, 0.3) is 5.91 Å². The maximum Gasteiger partial charge on any atom is 0.293 e. The van der Waals surface area contributed by atoms with E-state index in [2.05, 4.69) is 40.8 Å². The minimum absolute atomic E-state index is 0.0266. The summed E-state index contributed by atoms with van der Waals surface area (Å²) < 4.78 is 12.7. The maximum atomic E-state index is 12.9. The first-order valence-corrected chi connectivity index (χ1v) is 13.6. The van der Waals surface area contributed by atoms with Crippen molar-refractivity contribution in [3.63, 3.8) is 0 Å². The molecular formula is C23H20ClN9O3S2. The van der Waals surface area contributed by atoms with Crippen molar-refractivity contribution in [1.29, 1.82) is 0 Å². The number of aliphatic imine (C=N–C) groups is 1. The second-order valence-corrected chi connectivity index (χ2v) is 10.5. The highest BCUT2D eigenvalue weighted by atomic mass is 35.5. The zero-order chi connectivity index (χ0) is 26.3. The quantitative estimate of drug-likeness (QED) is 0.225. The van der Waals surface area contributed by atoms with Gasteiger partial charge in [-0.1, -0.05) is 52.5 Å². The average molecular weight is 570 g/mol. The molecule has 12 nitrogen and oxygen atoms in total. The molecule has 5 rings (SSSR count). The number of nitrogen functional groups attached to an aromatic ring is 1. The Bertz CT molecular complexity index is 1490. The van der Waals surface area contributed by atoms with E-state index in [0.717, 1.165) is 27.8 Å². The fourth-order valence-corrected chi connectivity index (χ4v) is 5.52. The molecule has 15 heteroatoms. The van der Waals surface area contributed by atoms with Crippen LogP contribution >= 0.6 is 35.1 Å². The first-order valence-electron chi connectivity index (χ1n) is 11.2. The summed E-state index contributed by atoms with van der Waals surface area (Å²) in [6.45, 7) is 1.16. The largest absolute Gasteiger partial charge is 0.489 e. The van der Waals surface area contributed by atoms with Crippen molar-refractivity contribution in [2.75, 3.05) is 18.0 Å². The molecule has 194 valence electrons. The monoisotopic (exact) mass is 569 g/mol. The number of hydrogen-bond donors (Lipinski definition) is 2. The number of amides is 1. The van der Waals surface area contributed by atoms with Crippen LogP contribution in [0.1, 0.15) is 27.3 Å². The number of thioether (sulfide) groups is 2. The third-order valence-electron chi connectivity index (χ3n) is 5.12. The number of hydrogen-bond acceptors (Lipinski definition) is 12. The molecule has 38 heavy (non-hydrogen) atoms. The number of carbonyl (C=O) groups excluding carboxylic acids is 1. The van der Waals surface area contributed by atoms with E-state index in [1.165, 1.54) is 22.7 Å². The molecule has 2 aromatic heterocycles. The van der Waals surface area contributed by atoms with E-state index in [4.69, 9.17) is 22.1 Å². The molecule has 0 saturated carbocycles. The molecule has 0 aliphatic carbocycles. The minimum atomic E-state index is -0.541. The molecular weight excluding hydrogens is 550 g/mol. The number of nitrogens with one attached hydrogen (secondary N) is 1. The number of ether oxygens (including phenoxy) is 1. The summed E-state index contributed by atoms with van der Waals surface area (Å²) in [7, 11) is 0.